The lowest BCUT2D eigenvalue weighted by atomic mass is 10.0. The van der Waals surface area contributed by atoms with Crippen molar-refractivity contribution in [2.75, 3.05) is 50.3 Å². The molecule has 1 aromatic carbocycles. The van der Waals surface area contributed by atoms with Crippen LogP contribution in [0, 0.1) is 5.92 Å². The van der Waals surface area contributed by atoms with Crippen molar-refractivity contribution >= 4 is 23.2 Å². The van der Waals surface area contributed by atoms with Gasteiger partial charge in [0.05, 0.1) is 50.4 Å². The molecular formula is C24H29N5O3. The first-order valence-corrected chi connectivity index (χ1v) is 11.1. The van der Waals surface area contributed by atoms with Gasteiger partial charge >= 0.3 is 6.03 Å². The molecule has 1 fully saturated rings. The van der Waals surface area contributed by atoms with Crippen molar-refractivity contribution in [2.45, 2.75) is 25.9 Å². The summed E-state index contributed by atoms with van der Waals surface area (Å²) in [5.74, 6) is 2.04. The molecule has 2 aromatic rings. The van der Waals surface area contributed by atoms with E-state index in [1.165, 1.54) is 0 Å². The van der Waals surface area contributed by atoms with Crippen LogP contribution < -0.4 is 14.5 Å². The maximum Gasteiger partial charge on any atom is 0.330 e. The lowest BCUT2D eigenvalue weighted by Gasteiger charge is -2.41. The van der Waals surface area contributed by atoms with Gasteiger partial charge in [-0.25, -0.2) is 9.78 Å². The number of fused-ring (bicyclic) bond motifs is 3. The van der Waals surface area contributed by atoms with Gasteiger partial charge in [-0.2, -0.15) is 0 Å². The summed E-state index contributed by atoms with van der Waals surface area (Å²) in [6.07, 6.45) is 2.80. The molecule has 5 rings (SSSR count). The number of carbonyl (C=O) groups excluding carboxylic acids is 1. The highest BCUT2D eigenvalue weighted by Crippen LogP contribution is 2.36. The normalized spacial score (nSPS) is 20.1. The number of ether oxygens (including phenoxy) is 2. The van der Waals surface area contributed by atoms with Crippen LogP contribution in [0.4, 0.5) is 16.2 Å². The predicted octanol–water partition coefficient (Wildman–Crippen LogP) is 3.15. The molecule has 3 aliphatic heterocycles. The topological polar surface area (TPSA) is 70.5 Å². The van der Waals surface area contributed by atoms with Crippen molar-refractivity contribution in [3.8, 4) is 5.75 Å². The lowest BCUT2D eigenvalue weighted by Crippen LogP contribution is -2.51. The van der Waals surface area contributed by atoms with Crippen LogP contribution in [0.25, 0.3) is 0 Å². The Morgan fingerprint density at radius 1 is 1.12 bits per heavy atom. The number of benzene rings is 1. The average Bonchev–Trinajstić information content (AvgIpc) is 3.24. The molecule has 0 N–H and O–H groups in total. The van der Waals surface area contributed by atoms with E-state index >= 15 is 0 Å². The molecule has 8 heteroatoms. The number of aromatic nitrogens is 1. The summed E-state index contributed by atoms with van der Waals surface area (Å²) in [7, 11) is 3.39. The molecule has 1 atom stereocenters. The third kappa shape index (κ3) is 3.58. The number of nitrogens with zero attached hydrogens (tertiary/aromatic N) is 5. The zero-order valence-corrected chi connectivity index (χ0v) is 18.8. The molecule has 0 spiro atoms. The van der Waals surface area contributed by atoms with E-state index in [9.17, 15) is 4.79 Å². The molecule has 4 heterocycles. The summed E-state index contributed by atoms with van der Waals surface area (Å²) in [5.41, 5.74) is 3.67. The summed E-state index contributed by atoms with van der Waals surface area (Å²) in [6.45, 7) is 5.81. The van der Waals surface area contributed by atoms with Crippen LogP contribution >= 0.6 is 0 Å². The number of urea groups is 1. The second-order valence-electron chi connectivity index (χ2n) is 8.63. The maximum atomic E-state index is 13.5. The fraction of sp³-hybridized carbons (Fsp3) is 0.458. The largest absolute Gasteiger partial charge is 0.497 e. The van der Waals surface area contributed by atoms with Gasteiger partial charge in [0.25, 0.3) is 0 Å². The Hall–Kier alpha value is -3.13. The van der Waals surface area contributed by atoms with E-state index in [2.05, 4.69) is 17.9 Å². The predicted molar refractivity (Wildman–Crippen MR) is 124 cm³/mol. The Kier molecular flexibility index (Phi) is 5.46. The maximum absolute atomic E-state index is 13.5. The smallest absolute Gasteiger partial charge is 0.330 e. The molecule has 0 aliphatic carbocycles. The summed E-state index contributed by atoms with van der Waals surface area (Å²) in [5, 5.41) is 0. The van der Waals surface area contributed by atoms with E-state index < -0.39 is 0 Å². The number of rotatable bonds is 7. The number of amides is 2. The highest BCUT2D eigenvalue weighted by molar-refractivity contribution is 6.19. The molecule has 3 aliphatic rings. The molecule has 1 unspecified atom stereocenters. The zero-order valence-electron chi connectivity index (χ0n) is 18.8. The Morgan fingerprint density at radius 2 is 1.91 bits per heavy atom. The third-order valence-corrected chi connectivity index (χ3v) is 6.47. The van der Waals surface area contributed by atoms with Crippen LogP contribution in [0.15, 0.2) is 41.5 Å². The van der Waals surface area contributed by atoms with Crippen LogP contribution in [0.3, 0.4) is 0 Å². The van der Waals surface area contributed by atoms with Crippen molar-refractivity contribution in [1.82, 2.24) is 9.88 Å². The number of methoxy groups -OCH3 is 2. The Balaban J connectivity index is 1.49. The van der Waals surface area contributed by atoms with E-state index in [1.807, 2.05) is 35.4 Å². The van der Waals surface area contributed by atoms with E-state index in [0.717, 1.165) is 54.5 Å². The number of anilines is 2. The van der Waals surface area contributed by atoms with Crippen molar-refractivity contribution < 1.29 is 14.3 Å². The molecule has 8 nitrogen and oxygen atoms in total. The van der Waals surface area contributed by atoms with Crippen molar-refractivity contribution in [3.63, 3.8) is 0 Å². The molecule has 0 saturated carbocycles. The third-order valence-electron chi connectivity index (χ3n) is 6.47. The molecular weight excluding hydrogens is 406 g/mol. The highest BCUT2D eigenvalue weighted by Gasteiger charge is 2.41. The van der Waals surface area contributed by atoms with Gasteiger partial charge in [0.2, 0.25) is 0 Å². The zero-order chi connectivity index (χ0) is 22.2. The van der Waals surface area contributed by atoms with Gasteiger partial charge in [0, 0.05) is 26.1 Å². The molecule has 32 heavy (non-hydrogen) atoms. The quantitative estimate of drug-likeness (QED) is 0.668. The molecule has 0 bridgehead atoms. The summed E-state index contributed by atoms with van der Waals surface area (Å²) in [4.78, 5) is 29.1. The molecule has 0 radical (unpaired) electrons. The Labute approximate surface area is 188 Å². The fourth-order valence-electron chi connectivity index (χ4n) is 4.59. The minimum absolute atomic E-state index is 0.0390. The van der Waals surface area contributed by atoms with Crippen LogP contribution in [-0.4, -0.2) is 68.3 Å². The Bertz CT molecular complexity index is 1030. The number of hydrogen-bond acceptors (Lipinski definition) is 6. The SMILES string of the molecule is CCC1CN2C(=O)N(Cc3ccc(OC)cc3)c3cc(N4CC(COC)C4)cnc3C2=N1. The second kappa shape index (κ2) is 8.43. The molecule has 2 amide bonds. The van der Waals surface area contributed by atoms with Crippen molar-refractivity contribution in [3.05, 3.63) is 47.8 Å². The standard InChI is InChI=1S/C24H29N5O3/c1-4-18-14-29-23(26-18)22-21(9-19(10-25-22)27-11-17(12-27)15-31-2)28(24(29)30)13-16-5-7-20(32-3)8-6-16/h5-10,17-18H,4,11-15H2,1-3H3. The van der Waals surface area contributed by atoms with Gasteiger partial charge in [-0.15, -0.1) is 0 Å². The number of carbonyl (C=O) groups is 1. The minimum Gasteiger partial charge on any atom is -0.497 e. The Morgan fingerprint density at radius 3 is 2.59 bits per heavy atom. The highest BCUT2D eigenvalue weighted by atomic mass is 16.5. The van der Waals surface area contributed by atoms with Gasteiger partial charge in [-0.3, -0.25) is 14.8 Å². The van der Waals surface area contributed by atoms with Crippen LogP contribution in [0.5, 0.6) is 5.75 Å². The number of amidine groups is 1. The van der Waals surface area contributed by atoms with Gasteiger partial charge in [0.15, 0.2) is 5.84 Å². The number of aliphatic imine (C=N–C) groups is 1. The number of pyridine rings is 1. The van der Waals surface area contributed by atoms with Crippen LogP contribution in [0.1, 0.15) is 24.6 Å². The number of hydrogen-bond donors (Lipinski definition) is 0. The van der Waals surface area contributed by atoms with E-state index in [0.29, 0.717) is 24.8 Å². The van der Waals surface area contributed by atoms with E-state index in [4.69, 9.17) is 19.5 Å². The van der Waals surface area contributed by atoms with E-state index in [-0.39, 0.29) is 12.1 Å². The van der Waals surface area contributed by atoms with Crippen LogP contribution in [0.2, 0.25) is 0 Å². The van der Waals surface area contributed by atoms with Gasteiger partial charge < -0.3 is 14.4 Å². The van der Waals surface area contributed by atoms with Gasteiger partial charge in [-0.1, -0.05) is 19.1 Å². The monoisotopic (exact) mass is 435 g/mol. The summed E-state index contributed by atoms with van der Waals surface area (Å²) < 4.78 is 10.6. The van der Waals surface area contributed by atoms with Crippen molar-refractivity contribution in [2.24, 2.45) is 10.9 Å². The van der Waals surface area contributed by atoms with Crippen LogP contribution in [-0.2, 0) is 11.3 Å². The first-order chi connectivity index (χ1) is 15.6. The molecule has 168 valence electrons. The van der Waals surface area contributed by atoms with Gasteiger partial charge in [0.1, 0.15) is 11.4 Å². The fourth-order valence-corrected chi connectivity index (χ4v) is 4.59. The second-order valence-corrected chi connectivity index (χ2v) is 8.63. The average molecular weight is 436 g/mol. The van der Waals surface area contributed by atoms with Gasteiger partial charge in [-0.05, 0) is 30.2 Å². The lowest BCUT2D eigenvalue weighted by molar-refractivity contribution is 0.137. The molecule has 1 saturated heterocycles. The van der Waals surface area contributed by atoms with E-state index in [1.54, 1.807) is 19.1 Å². The first-order valence-electron chi connectivity index (χ1n) is 11.1. The molecule has 1 aromatic heterocycles. The van der Waals surface area contributed by atoms with Crippen molar-refractivity contribution in [1.29, 1.82) is 0 Å². The first kappa shape index (κ1) is 20.8. The summed E-state index contributed by atoms with van der Waals surface area (Å²) >= 11 is 0. The summed E-state index contributed by atoms with van der Waals surface area (Å²) in [6, 6.07) is 10.0. The minimum atomic E-state index is -0.0390.